The van der Waals surface area contributed by atoms with Crippen LogP contribution in [0.25, 0.3) is 0 Å². The Labute approximate surface area is 54.8 Å². The van der Waals surface area contributed by atoms with Crippen molar-refractivity contribution >= 4 is 32.5 Å². The first-order valence-electron chi connectivity index (χ1n) is 0.309. The van der Waals surface area contributed by atoms with Crippen LogP contribution in [0.15, 0.2) is 0 Å². The van der Waals surface area contributed by atoms with E-state index in [1.807, 2.05) is 0 Å². The van der Waals surface area contributed by atoms with E-state index in [0.717, 1.165) is 0 Å². The van der Waals surface area contributed by atoms with Crippen LogP contribution in [0.5, 0.6) is 0 Å². The SMILES string of the molecule is BrOBr.[Zn]. The van der Waals surface area contributed by atoms with E-state index in [1.165, 1.54) is 0 Å². The monoisotopic (exact) mass is 238 g/mol. The van der Waals surface area contributed by atoms with Gasteiger partial charge in [-0.3, -0.25) is 0 Å². The molecule has 0 aliphatic rings. The van der Waals surface area contributed by atoms with Crippen molar-refractivity contribution in [2.45, 2.75) is 0 Å². The topological polar surface area (TPSA) is 9.23 Å². The quantitative estimate of drug-likeness (QED) is 0.586. The van der Waals surface area contributed by atoms with E-state index >= 15 is 0 Å². The second-order valence-corrected chi connectivity index (χ2v) is 1.57. The number of rotatable bonds is 0. The van der Waals surface area contributed by atoms with E-state index in [9.17, 15) is 0 Å². The molecule has 4 heavy (non-hydrogen) atoms. The van der Waals surface area contributed by atoms with Gasteiger partial charge in [0.1, 0.15) is 32.5 Å². The summed E-state index contributed by atoms with van der Waals surface area (Å²) < 4.78 is 3.88. The van der Waals surface area contributed by atoms with Crippen LogP contribution in [0, 0.1) is 0 Å². The van der Waals surface area contributed by atoms with Gasteiger partial charge in [-0.2, -0.15) is 0 Å². The standard InChI is InChI=1S/Br2O.Zn/c1-3-2;. The zero-order chi connectivity index (χ0) is 2.71. The first kappa shape index (κ1) is 9.11. The molecular formula is Br2OZn. The molecule has 0 saturated carbocycles. The smallest absolute Gasteiger partial charge is 0.115 e. The van der Waals surface area contributed by atoms with Crippen LogP contribution in [-0.2, 0) is 22.4 Å². The molecule has 0 saturated heterocycles. The minimum Gasteiger partial charge on any atom is -0.230 e. The second-order valence-electron chi connectivity index (χ2n) is 0.0583. The van der Waals surface area contributed by atoms with E-state index in [2.05, 4.69) is 35.4 Å². The fraction of sp³-hybridized carbons (Fsp3) is 0. The predicted octanol–water partition coefficient (Wildman–Crippen LogP) is 1.62. The summed E-state index contributed by atoms with van der Waals surface area (Å²) in [5.41, 5.74) is 0. The summed E-state index contributed by atoms with van der Waals surface area (Å²) in [7, 11) is 0. The minimum absolute atomic E-state index is 0. The Hall–Kier alpha value is 1.54. The van der Waals surface area contributed by atoms with Crippen molar-refractivity contribution in [3.8, 4) is 0 Å². The summed E-state index contributed by atoms with van der Waals surface area (Å²) in [6.45, 7) is 0. The molecule has 4 heteroatoms. The van der Waals surface area contributed by atoms with Crippen molar-refractivity contribution in [1.82, 2.24) is 0 Å². The Bertz CT molecular complexity index is 6.00. The average Bonchev–Trinajstić information content (AvgIpc) is 0.918. The molecule has 0 aliphatic carbocycles. The third-order valence-corrected chi connectivity index (χ3v) is 0. The molecule has 0 unspecified atom stereocenters. The molecule has 0 aromatic rings. The van der Waals surface area contributed by atoms with Gasteiger partial charge in [0.05, 0.1) is 0 Å². The summed E-state index contributed by atoms with van der Waals surface area (Å²) >= 11 is 5.12. The van der Waals surface area contributed by atoms with Gasteiger partial charge in [-0.05, 0) is 0 Å². The molecule has 0 N–H and O–H groups in total. The molecule has 22 valence electrons. The molecule has 0 radical (unpaired) electrons. The normalized spacial score (nSPS) is 4.50. The molecule has 0 aliphatic heterocycles. The molecule has 0 fully saturated rings. The van der Waals surface area contributed by atoms with Gasteiger partial charge >= 0.3 is 0 Å². The van der Waals surface area contributed by atoms with Crippen molar-refractivity contribution in [2.24, 2.45) is 0 Å². The zero-order valence-corrected chi connectivity index (χ0v) is 8.01. The van der Waals surface area contributed by atoms with Gasteiger partial charge < -0.3 is 0 Å². The summed E-state index contributed by atoms with van der Waals surface area (Å²) in [5.74, 6) is 0. The Morgan fingerprint density at radius 1 is 1.25 bits per heavy atom. The van der Waals surface area contributed by atoms with Crippen molar-refractivity contribution < 1.29 is 22.4 Å². The van der Waals surface area contributed by atoms with Crippen molar-refractivity contribution in [2.75, 3.05) is 0 Å². The van der Waals surface area contributed by atoms with Gasteiger partial charge in [-0.1, -0.05) is 0 Å². The number of hydrogen-bond acceptors (Lipinski definition) is 1. The van der Waals surface area contributed by atoms with Gasteiger partial charge in [0, 0.05) is 19.5 Å². The van der Waals surface area contributed by atoms with Gasteiger partial charge in [-0.25, -0.2) is 2.92 Å². The summed E-state index contributed by atoms with van der Waals surface area (Å²) in [5, 5.41) is 0. The molecular weight excluding hydrogens is 241 g/mol. The zero-order valence-electron chi connectivity index (χ0n) is 1.87. The Kier molecular flexibility index (Phi) is 20.1. The van der Waals surface area contributed by atoms with Crippen LogP contribution < -0.4 is 0 Å². The van der Waals surface area contributed by atoms with Gasteiger partial charge in [0.2, 0.25) is 0 Å². The summed E-state index contributed by atoms with van der Waals surface area (Å²) in [6, 6.07) is 0. The molecule has 0 aromatic heterocycles. The maximum atomic E-state index is 3.88. The molecule has 0 atom stereocenters. The average molecular weight is 241 g/mol. The second kappa shape index (κ2) is 8.82. The van der Waals surface area contributed by atoms with Crippen LogP contribution in [0.1, 0.15) is 0 Å². The number of halogens is 2. The van der Waals surface area contributed by atoms with E-state index in [0.29, 0.717) is 0 Å². The summed E-state index contributed by atoms with van der Waals surface area (Å²) in [4.78, 5) is 0. The van der Waals surface area contributed by atoms with Crippen molar-refractivity contribution in [3.05, 3.63) is 0 Å². The molecule has 0 bridgehead atoms. The van der Waals surface area contributed by atoms with Crippen molar-refractivity contribution in [1.29, 1.82) is 0 Å². The minimum atomic E-state index is 0. The maximum absolute atomic E-state index is 3.88. The van der Waals surface area contributed by atoms with E-state index in [1.54, 1.807) is 0 Å². The third kappa shape index (κ3) is 9.62. The van der Waals surface area contributed by atoms with Gasteiger partial charge in [-0.15, -0.1) is 0 Å². The van der Waals surface area contributed by atoms with E-state index < -0.39 is 0 Å². The van der Waals surface area contributed by atoms with E-state index in [4.69, 9.17) is 0 Å². The predicted molar refractivity (Wildman–Crippen MR) is 18.9 cm³/mol. The van der Waals surface area contributed by atoms with Crippen LogP contribution in [0.2, 0.25) is 0 Å². The molecule has 0 amide bonds. The molecule has 0 rings (SSSR count). The molecule has 1 nitrogen and oxygen atoms in total. The molecule has 0 spiro atoms. The molecule has 0 heterocycles. The fourth-order valence-corrected chi connectivity index (χ4v) is 0. The summed E-state index contributed by atoms with van der Waals surface area (Å²) in [6.07, 6.45) is 0. The van der Waals surface area contributed by atoms with Crippen LogP contribution >= 0.6 is 32.5 Å². The fourth-order valence-electron chi connectivity index (χ4n) is 0. The van der Waals surface area contributed by atoms with Gasteiger partial charge in [0.15, 0.2) is 0 Å². The first-order chi connectivity index (χ1) is 1.41. The Balaban J connectivity index is 0. The maximum Gasteiger partial charge on any atom is 0.115 e. The Morgan fingerprint density at radius 3 is 1.25 bits per heavy atom. The van der Waals surface area contributed by atoms with E-state index in [-0.39, 0.29) is 19.5 Å². The molecule has 0 aromatic carbocycles. The third-order valence-electron chi connectivity index (χ3n) is 0. The largest absolute Gasteiger partial charge is 0.230 e. The first-order valence-corrected chi connectivity index (χ1v) is 1.60. The Morgan fingerprint density at radius 2 is 1.25 bits per heavy atom. The number of hydrogen-bond donors (Lipinski definition) is 0. The van der Waals surface area contributed by atoms with Crippen LogP contribution in [-0.4, -0.2) is 0 Å². The van der Waals surface area contributed by atoms with Crippen LogP contribution in [0.3, 0.4) is 0 Å². The van der Waals surface area contributed by atoms with Crippen molar-refractivity contribution in [3.63, 3.8) is 0 Å². The van der Waals surface area contributed by atoms with Gasteiger partial charge in [0.25, 0.3) is 0 Å². The van der Waals surface area contributed by atoms with Crippen LogP contribution in [0.4, 0.5) is 0 Å².